The predicted octanol–water partition coefficient (Wildman–Crippen LogP) is 5.79. The van der Waals surface area contributed by atoms with E-state index in [1.165, 1.54) is 24.2 Å². The van der Waals surface area contributed by atoms with Crippen LogP contribution < -0.4 is 5.32 Å². The smallest absolute Gasteiger partial charge is 0.378 e. The maximum absolute atomic E-state index is 12.9. The number of ether oxygens (including phenoxy) is 1. The number of nitrogens with zero attached hydrogens (tertiary/aromatic N) is 4. The highest BCUT2D eigenvalue weighted by molar-refractivity contribution is 5.96. The molecule has 240 valence electrons. The summed E-state index contributed by atoms with van der Waals surface area (Å²) in [6, 6.07) is 11.5. The van der Waals surface area contributed by atoms with Gasteiger partial charge < -0.3 is 15.0 Å². The summed E-state index contributed by atoms with van der Waals surface area (Å²) in [4.78, 5) is 31.4. The van der Waals surface area contributed by atoms with Gasteiger partial charge in [0, 0.05) is 49.7 Å². The number of ketones is 1. The number of carbonyl (C=O) groups is 2. The summed E-state index contributed by atoms with van der Waals surface area (Å²) in [6.45, 7) is 3.58. The van der Waals surface area contributed by atoms with Crippen molar-refractivity contribution in [2.75, 3.05) is 32.8 Å². The Labute approximate surface area is 261 Å². The Morgan fingerprint density at radius 3 is 2.56 bits per heavy atom. The van der Waals surface area contributed by atoms with Gasteiger partial charge in [0.05, 0.1) is 19.1 Å². The molecule has 0 radical (unpaired) electrons. The Balaban J connectivity index is 1.02. The number of aromatic nitrogens is 3. The van der Waals surface area contributed by atoms with Gasteiger partial charge in [0.1, 0.15) is 0 Å². The van der Waals surface area contributed by atoms with Crippen molar-refractivity contribution in [3.63, 3.8) is 0 Å². The van der Waals surface area contributed by atoms with Crippen molar-refractivity contribution < 1.29 is 27.5 Å². The predicted molar refractivity (Wildman–Crippen MR) is 164 cm³/mol. The number of carbonyl (C=O) groups excluding carboxylic acids is 2. The van der Waals surface area contributed by atoms with Crippen molar-refractivity contribution >= 4 is 22.9 Å². The second kappa shape index (κ2) is 13.4. The zero-order chi connectivity index (χ0) is 31.4. The number of hydrogen-bond donors (Lipinski definition) is 1. The van der Waals surface area contributed by atoms with Gasteiger partial charge in [0.2, 0.25) is 5.91 Å². The molecule has 0 bridgehead atoms. The minimum atomic E-state index is -4.34. The van der Waals surface area contributed by atoms with Crippen LogP contribution >= 0.6 is 0 Å². The van der Waals surface area contributed by atoms with Crippen LogP contribution in [-0.4, -0.2) is 76.3 Å². The second-order valence-electron chi connectivity index (χ2n) is 12.7. The molecular formula is C34H40F3N5O3. The van der Waals surface area contributed by atoms with E-state index in [1.54, 1.807) is 4.52 Å². The molecular weight excluding hydrogens is 583 g/mol. The topological polar surface area (TPSA) is 88.8 Å². The molecule has 0 aliphatic carbocycles. The van der Waals surface area contributed by atoms with E-state index in [1.807, 2.05) is 48.7 Å². The standard InChI is InChI=1S/C34H40F3N5O3/c35-34(36,37)14-10-31(44)41-20-11-25(12-21-41)28-2-1-19-42-32(28)39-30(40-42)22-24-3-5-26(6-4-24)29(43)8-7-27-9-13-33(23-45-27)15-17-38-18-16-33/h1-6,11,19,27,38H,7-10,12-18,20-23H2. The Morgan fingerprint density at radius 1 is 1.07 bits per heavy atom. The molecule has 3 aliphatic heterocycles. The summed E-state index contributed by atoms with van der Waals surface area (Å²) in [5, 5.41) is 8.08. The van der Waals surface area contributed by atoms with E-state index in [4.69, 9.17) is 9.72 Å². The lowest BCUT2D eigenvalue weighted by Crippen LogP contribution is -2.44. The molecule has 1 spiro atoms. The molecule has 0 saturated carbocycles. The first-order valence-electron chi connectivity index (χ1n) is 16.0. The maximum atomic E-state index is 12.9. The molecule has 2 aromatic heterocycles. The first-order valence-corrected chi connectivity index (χ1v) is 16.0. The number of rotatable bonds is 9. The second-order valence-corrected chi connectivity index (χ2v) is 12.7. The third-order valence-electron chi connectivity index (χ3n) is 9.55. The molecule has 1 N–H and O–H groups in total. The summed E-state index contributed by atoms with van der Waals surface area (Å²) in [5.41, 5.74) is 4.61. The Hall–Kier alpha value is -3.57. The molecule has 1 atom stereocenters. The monoisotopic (exact) mass is 623 g/mol. The molecule has 11 heteroatoms. The minimum Gasteiger partial charge on any atom is -0.378 e. The maximum Gasteiger partial charge on any atom is 0.389 e. The lowest BCUT2D eigenvalue weighted by Gasteiger charge is -2.43. The largest absolute Gasteiger partial charge is 0.389 e. The van der Waals surface area contributed by atoms with Crippen LogP contribution in [0.15, 0.2) is 48.7 Å². The Kier molecular flexibility index (Phi) is 9.37. The van der Waals surface area contributed by atoms with Gasteiger partial charge in [-0.1, -0.05) is 30.3 Å². The number of pyridine rings is 1. The third-order valence-corrected chi connectivity index (χ3v) is 9.55. The van der Waals surface area contributed by atoms with E-state index < -0.39 is 24.9 Å². The van der Waals surface area contributed by atoms with Crippen molar-refractivity contribution in [3.05, 3.63) is 71.2 Å². The summed E-state index contributed by atoms with van der Waals surface area (Å²) in [7, 11) is 0. The first-order chi connectivity index (χ1) is 21.7. The highest BCUT2D eigenvalue weighted by Gasteiger charge is 2.37. The third kappa shape index (κ3) is 7.81. The summed E-state index contributed by atoms with van der Waals surface area (Å²) in [6.07, 6.45) is 4.74. The molecule has 1 unspecified atom stereocenters. The van der Waals surface area contributed by atoms with E-state index in [9.17, 15) is 22.8 Å². The van der Waals surface area contributed by atoms with E-state index in [0.29, 0.717) is 48.3 Å². The molecule has 3 aromatic rings. The van der Waals surface area contributed by atoms with Gasteiger partial charge in [-0.2, -0.15) is 18.3 Å². The fraction of sp³-hybridized carbons (Fsp3) is 0.529. The van der Waals surface area contributed by atoms with Crippen LogP contribution in [0.2, 0.25) is 0 Å². The average molecular weight is 624 g/mol. The van der Waals surface area contributed by atoms with Crippen LogP contribution in [0, 0.1) is 5.41 Å². The lowest BCUT2D eigenvalue weighted by atomic mass is 9.73. The molecule has 8 nitrogen and oxygen atoms in total. The van der Waals surface area contributed by atoms with Crippen molar-refractivity contribution in [1.29, 1.82) is 0 Å². The molecule has 3 aliphatic rings. The zero-order valence-electron chi connectivity index (χ0n) is 25.5. The fourth-order valence-electron chi connectivity index (χ4n) is 6.75. The Morgan fingerprint density at radius 2 is 1.87 bits per heavy atom. The van der Waals surface area contributed by atoms with Crippen molar-refractivity contribution in [2.24, 2.45) is 5.41 Å². The number of nitrogens with one attached hydrogen (secondary N) is 1. The molecule has 45 heavy (non-hydrogen) atoms. The molecule has 1 aromatic carbocycles. The highest BCUT2D eigenvalue weighted by atomic mass is 19.4. The van der Waals surface area contributed by atoms with Crippen LogP contribution in [-0.2, 0) is 16.0 Å². The average Bonchev–Trinajstić information content (AvgIpc) is 3.46. The zero-order valence-corrected chi connectivity index (χ0v) is 25.5. The molecule has 6 rings (SSSR count). The van der Waals surface area contributed by atoms with Gasteiger partial charge in [0.15, 0.2) is 17.3 Å². The van der Waals surface area contributed by atoms with Crippen LogP contribution in [0.5, 0.6) is 0 Å². The van der Waals surface area contributed by atoms with E-state index in [0.717, 1.165) is 49.2 Å². The van der Waals surface area contributed by atoms with Crippen LogP contribution in [0.4, 0.5) is 13.2 Å². The van der Waals surface area contributed by atoms with Gasteiger partial charge in [-0.15, -0.1) is 0 Å². The number of halogens is 3. The molecule has 2 saturated heterocycles. The quantitative estimate of drug-likeness (QED) is 0.304. The van der Waals surface area contributed by atoms with E-state index in [2.05, 4.69) is 10.4 Å². The van der Waals surface area contributed by atoms with Crippen molar-refractivity contribution in [3.8, 4) is 0 Å². The number of alkyl halides is 3. The molecule has 1 amide bonds. The summed E-state index contributed by atoms with van der Waals surface area (Å²) < 4.78 is 45.5. The summed E-state index contributed by atoms with van der Waals surface area (Å²) >= 11 is 0. The van der Waals surface area contributed by atoms with Gasteiger partial charge >= 0.3 is 6.18 Å². The minimum absolute atomic E-state index is 0.129. The number of piperidine rings is 1. The number of benzene rings is 1. The number of amides is 1. The van der Waals surface area contributed by atoms with Gasteiger partial charge in [-0.3, -0.25) is 9.59 Å². The Bertz CT molecular complexity index is 1530. The van der Waals surface area contributed by atoms with Crippen LogP contribution in [0.3, 0.4) is 0 Å². The van der Waals surface area contributed by atoms with Crippen LogP contribution in [0.25, 0.3) is 11.2 Å². The molecule has 5 heterocycles. The van der Waals surface area contributed by atoms with Gasteiger partial charge in [-0.05, 0) is 80.3 Å². The van der Waals surface area contributed by atoms with Crippen molar-refractivity contribution in [2.45, 2.75) is 76.5 Å². The fourth-order valence-corrected chi connectivity index (χ4v) is 6.75. The summed E-state index contributed by atoms with van der Waals surface area (Å²) in [5.74, 6) is 0.286. The SMILES string of the molecule is O=C(CCC1CCC2(CCNCC2)CO1)c1ccc(Cc2nc3c(C4=CCN(C(=O)CCC(F)(F)F)CC4)cccn3n2)cc1. The number of fused-ring (bicyclic) bond motifs is 1. The molecule has 2 fully saturated rings. The van der Waals surface area contributed by atoms with E-state index in [-0.39, 0.29) is 18.4 Å². The van der Waals surface area contributed by atoms with E-state index >= 15 is 0 Å². The lowest BCUT2D eigenvalue weighted by molar-refractivity contribution is -0.148. The van der Waals surface area contributed by atoms with Gasteiger partial charge in [0.25, 0.3) is 0 Å². The van der Waals surface area contributed by atoms with Gasteiger partial charge in [-0.25, -0.2) is 9.50 Å². The van der Waals surface area contributed by atoms with Crippen molar-refractivity contribution in [1.82, 2.24) is 24.8 Å². The van der Waals surface area contributed by atoms with Crippen LogP contribution in [0.1, 0.15) is 85.1 Å². The highest BCUT2D eigenvalue weighted by Crippen LogP contribution is 2.39. The normalized spacial score (nSPS) is 20.4. The number of Topliss-reactive ketones (excluding diaryl/α,β-unsaturated/α-hetero) is 1. The number of hydrogen-bond acceptors (Lipinski definition) is 6. The first kappa shape index (κ1) is 31.4.